The molecule has 2 aromatic carbocycles. The van der Waals surface area contributed by atoms with Crippen molar-refractivity contribution in [2.45, 2.75) is 30.5 Å². The van der Waals surface area contributed by atoms with Crippen LogP contribution in [-0.2, 0) is 4.74 Å². The molecule has 0 spiro atoms. The lowest BCUT2D eigenvalue weighted by atomic mass is 9.91. The third-order valence-corrected chi connectivity index (χ3v) is 4.98. The summed E-state index contributed by atoms with van der Waals surface area (Å²) < 4.78 is 16.8. The van der Waals surface area contributed by atoms with E-state index < -0.39 is 37.1 Å². The van der Waals surface area contributed by atoms with Gasteiger partial charge in [-0.05, 0) is 42.0 Å². The van der Waals surface area contributed by atoms with Gasteiger partial charge in [-0.3, -0.25) is 4.79 Å². The largest absolute Gasteiger partial charge is 0.493 e. The minimum Gasteiger partial charge on any atom is -0.493 e. The maximum absolute atomic E-state index is 11.7. The maximum atomic E-state index is 11.7. The molecule has 5 N–H and O–H groups in total. The summed E-state index contributed by atoms with van der Waals surface area (Å²) in [6, 6.07) is 11.3. The molecule has 1 heterocycles. The smallest absolute Gasteiger partial charge is 0.251 e. The van der Waals surface area contributed by atoms with Crippen molar-refractivity contribution in [2.24, 2.45) is 0 Å². The molecule has 0 aromatic heterocycles. The zero-order valence-electron chi connectivity index (χ0n) is 16.6. The van der Waals surface area contributed by atoms with Gasteiger partial charge in [-0.1, -0.05) is 6.07 Å². The van der Waals surface area contributed by atoms with Crippen LogP contribution in [0.15, 0.2) is 42.5 Å². The average Bonchev–Trinajstić information content (AvgIpc) is 2.77. The van der Waals surface area contributed by atoms with Gasteiger partial charge in [0.15, 0.2) is 11.5 Å². The highest BCUT2D eigenvalue weighted by atomic mass is 16.5. The fourth-order valence-corrected chi connectivity index (χ4v) is 3.27. The molecule has 1 saturated heterocycles. The Morgan fingerprint density at radius 1 is 1.03 bits per heavy atom. The highest BCUT2D eigenvalue weighted by Crippen LogP contribution is 2.38. The summed E-state index contributed by atoms with van der Waals surface area (Å²) in [5.41, 5.74) is 0.941. The van der Waals surface area contributed by atoms with E-state index in [2.05, 4.69) is 5.32 Å². The van der Waals surface area contributed by atoms with Crippen molar-refractivity contribution >= 4 is 5.91 Å². The van der Waals surface area contributed by atoms with Crippen molar-refractivity contribution in [2.75, 3.05) is 20.8 Å². The predicted octanol–water partition coefficient (Wildman–Crippen LogP) is 0.362. The minimum absolute atomic E-state index is 0.219. The third-order valence-electron chi connectivity index (χ3n) is 4.98. The fourth-order valence-electron chi connectivity index (χ4n) is 3.27. The zero-order valence-corrected chi connectivity index (χ0v) is 16.6. The van der Waals surface area contributed by atoms with E-state index in [0.29, 0.717) is 28.4 Å². The van der Waals surface area contributed by atoms with Crippen LogP contribution in [0, 0.1) is 0 Å². The van der Waals surface area contributed by atoms with Crippen LogP contribution in [-0.4, -0.2) is 71.5 Å². The van der Waals surface area contributed by atoms with Crippen molar-refractivity contribution in [3.8, 4) is 17.2 Å². The Labute approximate surface area is 173 Å². The van der Waals surface area contributed by atoms with Crippen LogP contribution in [0.25, 0.3) is 0 Å². The lowest BCUT2D eigenvalue weighted by Crippen LogP contribution is -2.55. The number of ether oxygens (including phenoxy) is 3. The zero-order chi connectivity index (χ0) is 21.8. The molecule has 162 valence electrons. The van der Waals surface area contributed by atoms with E-state index in [0.717, 1.165) is 0 Å². The average molecular weight is 419 g/mol. The van der Waals surface area contributed by atoms with E-state index in [1.807, 2.05) is 0 Å². The number of methoxy groups -OCH3 is 1. The van der Waals surface area contributed by atoms with E-state index in [9.17, 15) is 25.2 Å². The Morgan fingerprint density at radius 3 is 2.33 bits per heavy atom. The molecule has 1 fully saturated rings. The summed E-state index contributed by atoms with van der Waals surface area (Å²) in [6.45, 7) is -0.515. The van der Waals surface area contributed by atoms with E-state index in [1.165, 1.54) is 7.11 Å². The molecule has 1 aliphatic heterocycles. The molecular weight excluding hydrogens is 394 g/mol. The molecule has 2 aromatic rings. The molecule has 30 heavy (non-hydrogen) atoms. The van der Waals surface area contributed by atoms with Crippen molar-refractivity contribution < 1.29 is 39.4 Å². The van der Waals surface area contributed by atoms with E-state index in [1.54, 1.807) is 49.5 Å². The van der Waals surface area contributed by atoms with E-state index in [-0.39, 0.29) is 5.91 Å². The fraction of sp³-hybridized carbons (Fsp3) is 0.381. The highest BCUT2D eigenvalue weighted by molar-refractivity contribution is 5.94. The molecular formula is C21H25NO8. The van der Waals surface area contributed by atoms with Gasteiger partial charge >= 0.3 is 0 Å². The Bertz CT molecular complexity index is 870. The molecule has 9 nitrogen and oxygen atoms in total. The Kier molecular flexibility index (Phi) is 6.91. The molecule has 0 bridgehead atoms. The summed E-state index contributed by atoms with van der Waals surface area (Å²) in [7, 11) is 3.02. The summed E-state index contributed by atoms with van der Waals surface area (Å²) in [6.07, 6.45) is -6.34. The summed E-state index contributed by atoms with van der Waals surface area (Å²) in [4.78, 5) is 11.7. The number of aliphatic hydroxyl groups is 4. The second-order valence-electron chi connectivity index (χ2n) is 6.87. The minimum atomic E-state index is -1.48. The second kappa shape index (κ2) is 9.41. The van der Waals surface area contributed by atoms with Crippen LogP contribution in [0.5, 0.6) is 17.2 Å². The van der Waals surface area contributed by atoms with Gasteiger partial charge in [-0.15, -0.1) is 0 Å². The first-order chi connectivity index (χ1) is 14.4. The summed E-state index contributed by atoms with van der Waals surface area (Å²) >= 11 is 0. The Balaban J connectivity index is 1.87. The first-order valence-electron chi connectivity index (χ1n) is 9.38. The van der Waals surface area contributed by atoms with Gasteiger partial charge < -0.3 is 40.0 Å². The first kappa shape index (κ1) is 22.0. The maximum Gasteiger partial charge on any atom is 0.251 e. The second-order valence-corrected chi connectivity index (χ2v) is 6.87. The van der Waals surface area contributed by atoms with Crippen molar-refractivity contribution in [1.82, 2.24) is 5.32 Å². The number of nitrogens with one attached hydrogen (secondary N) is 1. The number of hydrogen-bond donors (Lipinski definition) is 5. The van der Waals surface area contributed by atoms with Crippen LogP contribution in [0.2, 0.25) is 0 Å². The van der Waals surface area contributed by atoms with Crippen LogP contribution >= 0.6 is 0 Å². The lowest BCUT2D eigenvalue weighted by molar-refractivity contribution is -0.231. The Morgan fingerprint density at radius 2 is 1.73 bits per heavy atom. The topological polar surface area (TPSA) is 138 Å². The number of hydrogen-bond acceptors (Lipinski definition) is 8. The van der Waals surface area contributed by atoms with Gasteiger partial charge in [-0.25, -0.2) is 0 Å². The van der Waals surface area contributed by atoms with Crippen molar-refractivity contribution in [3.05, 3.63) is 53.6 Å². The van der Waals surface area contributed by atoms with Gasteiger partial charge in [0, 0.05) is 12.6 Å². The monoisotopic (exact) mass is 419 g/mol. The van der Waals surface area contributed by atoms with Crippen LogP contribution in [0.3, 0.4) is 0 Å². The highest BCUT2D eigenvalue weighted by Gasteiger charge is 2.44. The van der Waals surface area contributed by atoms with Crippen LogP contribution in [0.1, 0.15) is 22.0 Å². The number of aliphatic hydroxyl groups excluding tert-OH is 4. The van der Waals surface area contributed by atoms with Gasteiger partial charge in [0.05, 0.1) is 13.7 Å². The van der Waals surface area contributed by atoms with Crippen LogP contribution in [0.4, 0.5) is 0 Å². The van der Waals surface area contributed by atoms with Crippen LogP contribution < -0.4 is 14.8 Å². The van der Waals surface area contributed by atoms with E-state index >= 15 is 0 Å². The van der Waals surface area contributed by atoms with Crippen molar-refractivity contribution in [1.29, 1.82) is 0 Å². The Hall–Kier alpha value is -2.69. The third kappa shape index (κ3) is 4.40. The summed E-state index contributed by atoms with van der Waals surface area (Å²) in [5, 5.41) is 42.3. The van der Waals surface area contributed by atoms with Gasteiger partial charge in [-0.2, -0.15) is 0 Å². The number of benzene rings is 2. The molecule has 1 aliphatic rings. The number of rotatable bonds is 6. The molecule has 9 heteroatoms. The predicted molar refractivity (Wildman–Crippen MR) is 106 cm³/mol. The number of amides is 1. The molecule has 1 unspecified atom stereocenters. The molecule has 0 saturated carbocycles. The molecule has 0 radical (unpaired) electrons. The normalized spacial score (nSPS) is 26.1. The standard InChI is InChI=1S/C21H25NO8/c1-22-21(27)11-3-6-13(7-4-11)29-15-9-12(5-8-14(15)28-2)20-19(26)18(25)17(24)16(10-23)30-20/h3-9,16-20,23-26H,10H2,1-2H3,(H,22,27)/t16-,17-,18+,19+,20?/m1/s1. The summed E-state index contributed by atoms with van der Waals surface area (Å²) in [5.74, 6) is 0.967. The molecule has 1 amide bonds. The molecule has 3 rings (SSSR count). The quantitative estimate of drug-likeness (QED) is 0.453. The van der Waals surface area contributed by atoms with Gasteiger partial charge in [0.1, 0.15) is 36.3 Å². The van der Waals surface area contributed by atoms with Gasteiger partial charge in [0.2, 0.25) is 0 Å². The van der Waals surface area contributed by atoms with Gasteiger partial charge in [0.25, 0.3) is 5.91 Å². The molecule has 0 aliphatic carbocycles. The number of carbonyl (C=O) groups excluding carboxylic acids is 1. The lowest BCUT2D eigenvalue weighted by Gasteiger charge is -2.40. The SMILES string of the molecule is CNC(=O)c1ccc(Oc2cc(C3O[C@H](CO)[C@@H](O)[C@H](O)[C@@H]3O)ccc2OC)cc1. The number of carbonyl (C=O) groups is 1. The first-order valence-corrected chi connectivity index (χ1v) is 9.38. The molecule has 5 atom stereocenters. The van der Waals surface area contributed by atoms with Crippen molar-refractivity contribution in [3.63, 3.8) is 0 Å². The van der Waals surface area contributed by atoms with E-state index in [4.69, 9.17) is 14.2 Å².